The summed E-state index contributed by atoms with van der Waals surface area (Å²) in [4.78, 5) is 22.2. The lowest BCUT2D eigenvalue weighted by Gasteiger charge is -2.10. The number of hydrogen-bond donors (Lipinski definition) is 1. The van der Waals surface area contributed by atoms with Gasteiger partial charge in [-0.05, 0) is 24.3 Å². The zero-order valence-electron chi connectivity index (χ0n) is 11.4. The van der Waals surface area contributed by atoms with E-state index in [9.17, 15) is 14.9 Å². The van der Waals surface area contributed by atoms with E-state index in [4.69, 9.17) is 39.5 Å². The molecule has 0 fully saturated rings. The van der Waals surface area contributed by atoms with Crippen LogP contribution in [-0.2, 0) is 4.79 Å². The molecule has 2 aromatic rings. The van der Waals surface area contributed by atoms with Crippen molar-refractivity contribution >= 4 is 52.1 Å². The first-order valence-electron chi connectivity index (χ1n) is 6.19. The Morgan fingerprint density at radius 2 is 1.83 bits per heavy atom. The van der Waals surface area contributed by atoms with Crippen molar-refractivity contribution in [3.8, 4) is 5.75 Å². The molecule has 2 aromatic carbocycles. The maximum atomic E-state index is 11.9. The van der Waals surface area contributed by atoms with Gasteiger partial charge in [0, 0.05) is 11.1 Å². The normalized spacial score (nSPS) is 10.2. The van der Waals surface area contributed by atoms with E-state index < -0.39 is 17.4 Å². The van der Waals surface area contributed by atoms with Gasteiger partial charge in [0.15, 0.2) is 12.4 Å². The highest BCUT2D eigenvalue weighted by molar-refractivity contribution is 6.39. The summed E-state index contributed by atoms with van der Waals surface area (Å²) in [7, 11) is 0. The summed E-state index contributed by atoms with van der Waals surface area (Å²) in [6, 6.07) is 8.64. The number of nitrogens with zero attached hydrogens (tertiary/aromatic N) is 1. The number of ether oxygens (including phenoxy) is 1. The fourth-order valence-corrected chi connectivity index (χ4v) is 2.35. The Balaban J connectivity index is 2.07. The third kappa shape index (κ3) is 4.48. The van der Waals surface area contributed by atoms with Gasteiger partial charge in [0.25, 0.3) is 5.91 Å². The van der Waals surface area contributed by atoms with Crippen LogP contribution in [0, 0.1) is 10.1 Å². The monoisotopic (exact) mass is 374 g/mol. The SMILES string of the molecule is O=C(COc1ccc(Cl)cc1[N+](=O)[O-])Nc1c(Cl)cccc1Cl. The summed E-state index contributed by atoms with van der Waals surface area (Å²) in [5, 5.41) is 14.1. The molecule has 0 saturated heterocycles. The van der Waals surface area contributed by atoms with Gasteiger partial charge in [-0.15, -0.1) is 0 Å². The van der Waals surface area contributed by atoms with Gasteiger partial charge in [0.1, 0.15) is 0 Å². The average molecular weight is 376 g/mol. The van der Waals surface area contributed by atoms with E-state index in [2.05, 4.69) is 5.32 Å². The molecule has 0 radical (unpaired) electrons. The van der Waals surface area contributed by atoms with E-state index in [0.717, 1.165) is 6.07 Å². The number of carbonyl (C=O) groups is 1. The molecule has 0 saturated carbocycles. The average Bonchev–Trinajstić information content (AvgIpc) is 2.49. The van der Waals surface area contributed by atoms with Crippen LogP contribution in [0.3, 0.4) is 0 Å². The third-order valence-corrected chi connectivity index (χ3v) is 3.57. The maximum absolute atomic E-state index is 11.9. The second-order valence-electron chi connectivity index (χ2n) is 4.30. The van der Waals surface area contributed by atoms with Gasteiger partial charge < -0.3 is 10.1 Å². The van der Waals surface area contributed by atoms with Gasteiger partial charge in [-0.1, -0.05) is 40.9 Å². The van der Waals surface area contributed by atoms with Crippen LogP contribution < -0.4 is 10.1 Å². The zero-order valence-corrected chi connectivity index (χ0v) is 13.7. The van der Waals surface area contributed by atoms with Crippen molar-refractivity contribution in [3.63, 3.8) is 0 Å². The second-order valence-corrected chi connectivity index (χ2v) is 5.55. The largest absolute Gasteiger partial charge is 0.477 e. The number of anilines is 1. The van der Waals surface area contributed by atoms with Gasteiger partial charge >= 0.3 is 5.69 Å². The van der Waals surface area contributed by atoms with Gasteiger partial charge in [-0.3, -0.25) is 14.9 Å². The number of carbonyl (C=O) groups excluding carboxylic acids is 1. The summed E-state index contributed by atoms with van der Waals surface area (Å²) in [6.07, 6.45) is 0. The molecular weight excluding hydrogens is 367 g/mol. The first-order chi connectivity index (χ1) is 10.9. The number of amides is 1. The van der Waals surface area contributed by atoms with E-state index in [1.165, 1.54) is 12.1 Å². The molecular formula is C14H9Cl3N2O4. The van der Waals surface area contributed by atoms with Crippen LogP contribution in [-0.4, -0.2) is 17.4 Å². The molecule has 0 heterocycles. The molecule has 0 spiro atoms. The van der Waals surface area contributed by atoms with Gasteiger partial charge in [0.2, 0.25) is 0 Å². The summed E-state index contributed by atoms with van der Waals surface area (Å²) in [5.74, 6) is -0.635. The molecule has 2 rings (SSSR count). The molecule has 0 bridgehead atoms. The molecule has 0 aliphatic rings. The fraction of sp³-hybridized carbons (Fsp3) is 0.0714. The fourth-order valence-electron chi connectivity index (χ4n) is 1.69. The number of halogens is 3. The predicted octanol–water partition coefficient (Wildman–Crippen LogP) is 4.57. The topological polar surface area (TPSA) is 81.5 Å². The Kier molecular flexibility index (Phi) is 5.65. The highest BCUT2D eigenvalue weighted by Crippen LogP contribution is 2.31. The van der Waals surface area contributed by atoms with Crippen molar-refractivity contribution in [2.75, 3.05) is 11.9 Å². The highest BCUT2D eigenvalue weighted by Gasteiger charge is 2.17. The highest BCUT2D eigenvalue weighted by atomic mass is 35.5. The zero-order chi connectivity index (χ0) is 17.0. The van der Waals surface area contributed by atoms with Crippen LogP contribution >= 0.6 is 34.8 Å². The molecule has 0 unspecified atom stereocenters. The number of para-hydroxylation sites is 1. The quantitative estimate of drug-likeness (QED) is 0.613. The Labute approximate surface area is 146 Å². The van der Waals surface area contributed by atoms with Crippen LogP contribution in [0.5, 0.6) is 5.75 Å². The van der Waals surface area contributed by atoms with Crippen molar-refractivity contribution in [1.29, 1.82) is 0 Å². The van der Waals surface area contributed by atoms with Crippen LogP contribution in [0.25, 0.3) is 0 Å². The molecule has 0 aliphatic heterocycles. The Bertz CT molecular complexity index is 747. The molecule has 23 heavy (non-hydrogen) atoms. The van der Waals surface area contributed by atoms with Crippen LogP contribution in [0.15, 0.2) is 36.4 Å². The van der Waals surface area contributed by atoms with Crippen molar-refractivity contribution in [2.45, 2.75) is 0 Å². The number of benzene rings is 2. The molecule has 9 heteroatoms. The van der Waals surface area contributed by atoms with E-state index in [0.29, 0.717) is 0 Å². The number of nitro benzene ring substituents is 1. The van der Waals surface area contributed by atoms with Crippen molar-refractivity contribution < 1.29 is 14.5 Å². The first-order valence-corrected chi connectivity index (χ1v) is 7.32. The summed E-state index contributed by atoms with van der Waals surface area (Å²) < 4.78 is 5.17. The summed E-state index contributed by atoms with van der Waals surface area (Å²) in [5.41, 5.74) is -0.0869. The Hall–Kier alpha value is -2.02. The minimum atomic E-state index is -0.649. The van der Waals surface area contributed by atoms with Gasteiger partial charge in [-0.2, -0.15) is 0 Å². The minimum Gasteiger partial charge on any atom is -0.477 e. The van der Waals surface area contributed by atoms with Crippen molar-refractivity contribution in [3.05, 3.63) is 61.6 Å². The van der Waals surface area contributed by atoms with Gasteiger partial charge in [-0.25, -0.2) is 0 Å². The first kappa shape index (κ1) is 17.3. The molecule has 120 valence electrons. The van der Waals surface area contributed by atoms with Crippen molar-refractivity contribution in [1.82, 2.24) is 0 Å². The number of rotatable bonds is 5. The van der Waals surface area contributed by atoms with Crippen LogP contribution in [0.1, 0.15) is 0 Å². The molecule has 0 aliphatic carbocycles. The molecule has 1 N–H and O–H groups in total. The Morgan fingerprint density at radius 3 is 2.43 bits per heavy atom. The minimum absolute atomic E-state index is 0.0696. The molecule has 0 atom stereocenters. The van der Waals surface area contributed by atoms with Crippen molar-refractivity contribution in [2.24, 2.45) is 0 Å². The number of nitro groups is 1. The lowest BCUT2D eigenvalue weighted by molar-refractivity contribution is -0.385. The summed E-state index contributed by atoms with van der Waals surface area (Å²) in [6.45, 7) is -0.454. The lowest BCUT2D eigenvalue weighted by atomic mass is 10.3. The van der Waals surface area contributed by atoms with Crippen LogP contribution in [0.4, 0.5) is 11.4 Å². The lowest BCUT2D eigenvalue weighted by Crippen LogP contribution is -2.20. The second kappa shape index (κ2) is 7.50. The molecule has 0 aromatic heterocycles. The maximum Gasteiger partial charge on any atom is 0.312 e. The van der Waals surface area contributed by atoms with E-state index in [1.807, 2.05) is 0 Å². The van der Waals surface area contributed by atoms with E-state index in [-0.39, 0.29) is 32.2 Å². The van der Waals surface area contributed by atoms with E-state index in [1.54, 1.807) is 18.2 Å². The molecule has 6 nitrogen and oxygen atoms in total. The predicted molar refractivity (Wildman–Crippen MR) is 88.7 cm³/mol. The Morgan fingerprint density at radius 1 is 1.17 bits per heavy atom. The van der Waals surface area contributed by atoms with Gasteiger partial charge in [0.05, 0.1) is 20.7 Å². The molecule has 1 amide bonds. The van der Waals surface area contributed by atoms with E-state index >= 15 is 0 Å². The van der Waals surface area contributed by atoms with Crippen LogP contribution in [0.2, 0.25) is 15.1 Å². The number of nitrogens with one attached hydrogen (secondary N) is 1. The third-order valence-electron chi connectivity index (χ3n) is 2.70. The summed E-state index contributed by atoms with van der Waals surface area (Å²) >= 11 is 17.6. The standard InChI is InChI=1S/C14H9Cl3N2O4/c15-8-4-5-12(11(6-8)19(21)22)23-7-13(20)18-14-9(16)2-1-3-10(14)17/h1-6H,7H2,(H,18,20). The smallest absolute Gasteiger partial charge is 0.312 e. The number of hydrogen-bond acceptors (Lipinski definition) is 4.